The molecule has 5 nitrogen and oxygen atoms in total. The third kappa shape index (κ3) is 3.90. The number of aryl methyl sites for hydroxylation is 1. The summed E-state index contributed by atoms with van der Waals surface area (Å²) in [6.45, 7) is 6.06. The maximum absolute atomic E-state index is 12.9. The van der Waals surface area contributed by atoms with Crippen molar-refractivity contribution in [2.75, 3.05) is 0 Å². The summed E-state index contributed by atoms with van der Waals surface area (Å²) >= 11 is 1.58. The first kappa shape index (κ1) is 17.6. The highest BCUT2D eigenvalue weighted by molar-refractivity contribution is 7.13. The van der Waals surface area contributed by atoms with Gasteiger partial charge in [-0.05, 0) is 37.8 Å². The first-order valence-electron chi connectivity index (χ1n) is 8.72. The normalized spacial score (nSPS) is 12.4. The van der Waals surface area contributed by atoms with Crippen LogP contribution in [0.1, 0.15) is 55.6 Å². The Morgan fingerprint density at radius 3 is 2.96 bits per heavy atom. The van der Waals surface area contributed by atoms with Crippen molar-refractivity contribution in [1.29, 1.82) is 0 Å². The molecule has 0 aliphatic heterocycles. The van der Waals surface area contributed by atoms with E-state index >= 15 is 0 Å². The number of hydrogen-bond donors (Lipinski definition) is 1. The Bertz CT molecular complexity index is 855. The topological polar surface area (TPSA) is 68.0 Å². The lowest BCUT2D eigenvalue weighted by atomic mass is 10.1. The van der Waals surface area contributed by atoms with Crippen LogP contribution in [0.3, 0.4) is 0 Å². The van der Waals surface area contributed by atoms with E-state index in [2.05, 4.69) is 22.4 Å². The predicted molar refractivity (Wildman–Crippen MR) is 101 cm³/mol. The van der Waals surface area contributed by atoms with Gasteiger partial charge in [0.2, 0.25) is 0 Å². The smallest absolute Gasteiger partial charge is 0.259 e. The third-order valence-electron chi connectivity index (χ3n) is 4.25. The van der Waals surface area contributed by atoms with Crippen LogP contribution in [0.25, 0.3) is 21.7 Å². The lowest BCUT2D eigenvalue weighted by molar-refractivity contribution is 0.0939. The van der Waals surface area contributed by atoms with Crippen LogP contribution in [-0.4, -0.2) is 22.1 Å². The molecule has 3 aromatic rings. The molecule has 6 heteroatoms. The summed E-state index contributed by atoms with van der Waals surface area (Å²) in [5.74, 6) is -0.0968. The molecule has 132 valence electrons. The fraction of sp³-hybridized carbons (Fsp3) is 0.421. The van der Waals surface area contributed by atoms with Gasteiger partial charge in [0, 0.05) is 6.04 Å². The summed E-state index contributed by atoms with van der Waals surface area (Å²) in [5, 5.41) is 9.77. The molecule has 0 saturated heterocycles. The summed E-state index contributed by atoms with van der Waals surface area (Å²) in [6, 6.07) is 5.92. The zero-order valence-electron chi connectivity index (χ0n) is 14.8. The van der Waals surface area contributed by atoms with Crippen LogP contribution in [-0.2, 0) is 0 Å². The molecule has 3 aromatic heterocycles. The Morgan fingerprint density at radius 1 is 1.40 bits per heavy atom. The Labute approximate surface area is 151 Å². The number of hydrogen-bond acceptors (Lipinski definition) is 5. The number of thiophene rings is 1. The first-order valence-corrected chi connectivity index (χ1v) is 9.60. The Morgan fingerprint density at radius 2 is 2.24 bits per heavy atom. The van der Waals surface area contributed by atoms with E-state index in [0.717, 1.165) is 23.4 Å². The molecular formula is C19H23N3O2S. The molecule has 0 aromatic carbocycles. The van der Waals surface area contributed by atoms with Gasteiger partial charge in [-0.2, -0.15) is 0 Å². The van der Waals surface area contributed by atoms with E-state index in [9.17, 15) is 4.79 Å². The summed E-state index contributed by atoms with van der Waals surface area (Å²) in [4.78, 5) is 18.4. The Hall–Kier alpha value is -2.21. The molecule has 0 bridgehead atoms. The summed E-state index contributed by atoms with van der Waals surface area (Å²) in [5.41, 5.74) is 2.41. The second-order valence-electron chi connectivity index (χ2n) is 6.35. The molecule has 1 atom stereocenters. The predicted octanol–water partition coefficient (Wildman–Crippen LogP) is 4.96. The summed E-state index contributed by atoms with van der Waals surface area (Å²) < 4.78 is 5.33. The molecule has 0 aliphatic carbocycles. The van der Waals surface area contributed by atoms with E-state index in [-0.39, 0.29) is 11.9 Å². The van der Waals surface area contributed by atoms with Crippen LogP contribution in [0.15, 0.2) is 28.1 Å². The molecule has 1 N–H and O–H groups in total. The van der Waals surface area contributed by atoms with Crippen molar-refractivity contribution in [3.05, 3.63) is 34.8 Å². The standard InChI is InChI=1S/C19H23N3O2S/c1-4-5-6-8-12(2)20-18(23)14-11-15(16-9-7-10-25-16)21-19-17(14)13(3)22-24-19/h7,9-12H,4-6,8H2,1-3H3,(H,20,23). The van der Waals surface area contributed by atoms with Crippen molar-refractivity contribution < 1.29 is 9.32 Å². The van der Waals surface area contributed by atoms with Gasteiger partial charge < -0.3 is 9.84 Å². The van der Waals surface area contributed by atoms with E-state index in [1.807, 2.05) is 37.4 Å². The van der Waals surface area contributed by atoms with E-state index in [1.165, 1.54) is 12.8 Å². The molecule has 1 unspecified atom stereocenters. The van der Waals surface area contributed by atoms with E-state index in [4.69, 9.17) is 4.52 Å². The number of pyridine rings is 1. The van der Waals surface area contributed by atoms with Crippen molar-refractivity contribution >= 4 is 28.3 Å². The molecule has 0 saturated carbocycles. The third-order valence-corrected chi connectivity index (χ3v) is 5.15. The maximum atomic E-state index is 12.9. The quantitative estimate of drug-likeness (QED) is 0.607. The van der Waals surface area contributed by atoms with Crippen LogP contribution in [0.4, 0.5) is 0 Å². The fourth-order valence-corrected chi connectivity index (χ4v) is 3.58. The van der Waals surface area contributed by atoms with Gasteiger partial charge in [-0.3, -0.25) is 4.79 Å². The molecule has 3 rings (SSSR count). The van der Waals surface area contributed by atoms with E-state index in [1.54, 1.807) is 11.3 Å². The zero-order valence-corrected chi connectivity index (χ0v) is 15.7. The Kier molecular flexibility index (Phi) is 5.48. The number of nitrogens with one attached hydrogen (secondary N) is 1. The van der Waals surface area contributed by atoms with Gasteiger partial charge in [0.1, 0.15) is 0 Å². The molecule has 0 fully saturated rings. The average Bonchev–Trinajstić information content (AvgIpc) is 3.24. The number of carbonyl (C=O) groups is 1. The summed E-state index contributed by atoms with van der Waals surface area (Å²) in [6.07, 6.45) is 4.47. The number of aromatic nitrogens is 2. The largest absolute Gasteiger partial charge is 0.350 e. The number of fused-ring (bicyclic) bond motifs is 1. The van der Waals surface area contributed by atoms with Crippen molar-refractivity contribution in [2.45, 2.75) is 52.5 Å². The maximum Gasteiger partial charge on any atom is 0.259 e. The number of nitrogens with zero attached hydrogens (tertiary/aromatic N) is 2. The van der Waals surface area contributed by atoms with E-state index in [0.29, 0.717) is 22.4 Å². The van der Waals surface area contributed by atoms with E-state index < -0.39 is 0 Å². The van der Waals surface area contributed by atoms with Gasteiger partial charge >= 0.3 is 0 Å². The second-order valence-corrected chi connectivity index (χ2v) is 7.30. The molecular weight excluding hydrogens is 334 g/mol. The second kappa shape index (κ2) is 7.78. The van der Waals surface area contributed by atoms with Crippen LogP contribution in [0, 0.1) is 6.92 Å². The lowest BCUT2D eigenvalue weighted by Gasteiger charge is -2.14. The summed E-state index contributed by atoms with van der Waals surface area (Å²) in [7, 11) is 0. The molecule has 3 heterocycles. The number of amides is 1. The van der Waals surface area contributed by atoms with Crippen molar-refractivity contribution in [3.8, 4) is 10.6 Å². The van der Waals surface area contributed by atoms with Gasteiger partial charge in [-0.25, -0.2) is 4.98 Å². The highest BCUT2D eigenvalue weighted by atomic mass is 32.1. The number of carbonyl (C=O) groups excluding carboxylic acids is 1. The van der Waals surface area contributed by atoms with Crippen molar-refractivity contribution in [1.82, 2.24) is 15.5 Å². The molecule has 0 radical (unpaired) electrons. The van der Waals surface area contributed by atoms with Crippen LogP contribution < -0.4 is 5.32 Å². The van der Waals surface area contributed by atoms with Crippen LogP contribution in [0.2, 0.25) is 0 Å². The first-order chi connectivity index (χ1) is 12.1. The molecule has 1 amide bonds. The monoisotopic (exact) mass is 357 g/mol. The van der Waals surface area contributed by atoms with Crippen molar-refractivity contribution in [2.24, 2.45) is 0 Å². The Balaban J connectivity index is 1.91. The SMILES string of the molecule is CCCCCC(C)NC(=O)c1cc(-c2cccs2)nc2onc(C)c12. The highest BCUT2D eigenvalue weighted by Crippen LogP contribution is 2.29. The molecule has 0 spiro atoms. The fourth-order valence-electron chi connectivity index (χ4n) is 2.90. The number of unbranched alkanes of at least 4 members (excludes halogenated alkanes) is 2. The van der Waals surface area contributed by atoms with Gasteiger partial charge in [0.05, 0.1) is 27.2 Å². The van der Waals surface area contributed by atoms with Gasteiger partial charge in [0.25, 0.3) is 11.6 Å². The van der Waals surface area contributed by atoms with Gasteiger partial charge in [-0.1, -0.05) is 37.4 Å². The molecule has 0 aliphatic rings. The highest BCUT2D eigenvalue weighted by Gasteiger charge is 2.20. The molecule has 25 heavy (non-hydrogen) atoms. The minimum Gasteiger partial charge on any atom is -0.350 e. The zero-order chi connectivity index (χ0) is 17.8. The minimum absolute atomic E-state index is 0.0968. The van der Waals surface area contributed by atoms with Crippen LogP contribution >= 0.6 is 11.3 Å². The minimum atomic E-state index is -0.0968. The van der Waals surface area contributed by atoms with Crippen LogP contribution in [0.5, 0.6) is 0 Å². The lowest BCUT2D eigenvalue weighted by Crippen LogP contribution is -2.32. The van der Waals surface area contributed by atoms with Crippen molar-refractivity contribution in [3.63, 3.8) is 0 Å². The van der Waals surface area contributed by atoms with Gasteiger partial charge in [0.15, 0.2) is 0 Å². The van der Waals surface area contributed by atoms with Gasteiger partial charge in [-0.15, -0.1) is 11.3 Å². The average molecular weight is 357 g/mol. The number of rotatable bonds is 7.